The molecular weight excluding hydrogens is 558 g/mol. The fraction of sp³-hybridized carbons (Fsp3) is 0.114. The molecule has 0 fully saturated rings. The Kier molecular flexibility index (Phi) is 7.14. The third-order valence-electron chi connectivity index (χ3n) is 7.76. The Morgan fingerprint density at radius 3 is 2.07 bits per heavy atom. The van der Waals surface area contributed by atoms with E-state index in [-0.39, 0.29) is 4.90 Å². The van der Waals surface area contributed by atoms with Gasteiger partial charge in [-0.3, -0.25) is 9.56 Å². The maximum Gasteiger partial charge on any atom is 0.295 e. The fourth-order valence-electron chi connectivity index (χ4n) is 5.70. The molecule has 8 heteroatoms. The third-order valence-corrected chi connectivity index (χ3v) is 8.67. The first kappa shape index (κ1) is 28.4. The summed E-state index contributed by atoms with van der Waals surface area (Å²) in [5.41, 5.74) is 8.77. The van der Waals surface area contributed by atoms with Crippen LogP contribution >= 0.6 is 0 Å². The Hall–Kier alpha value is -4.76. The molecule has 1 heterocycles. The summed E-state index contributed by atoms with van der Waals surface area (Å²) in [6.45, 7) is 8.05. The van der Waals surface area contributed by atoms with Crippen molar-refractivity contribution in [3.8, 4) is 22.5 Å². The Morgan fingerprint density at radius 2 is 1.40 bits per heavy atom. The van der Waals surface area contributed by atoms with E-state index >= 15 is 0 Å². The van der Waals surface area contributed by atoms with Crippen LogP contribution in [0, 0.1) is 27.7 Å². The maximum absolute atomic E-state index is 12.5. The van der Waals surface area contributed by atoms with Crippen molar-refractivity contribution in [1.82, 2.24) is 0 Å². The molecule has 2 aliphatic rings. The first-order chi connectivity index (χ1) is 20.5. The van der Waals surface area contributed by atoms with Gasteiger partial charge in [-0.05, 0) is 80.3 Å². The molecule has 0 unspecified atom stereocenters. The predicted molar refractivity (Wildman–Crippen MR) is 171 cm³/mol. The van der Waals surface area contributed by atoms with E-state index in [4.69, 9.17) is 15.3 Å². The molecule has 0 aromatic heterocycles. The van der Waals surface area contributed by atoms with Gasteiger partial charge in [0.25, 0.3) is 10.1 Å². The van der Waals surface area contributed by atoms with Gasteiger partial charge in [0.2, 0.25) is 0 Å². The van der Waals surface area contributed by atoms with Crippen LogP contribution in [-0.4, -0.2) is 13.0 Å². The van der Waals surface area contributed by atoms with Crippen LogP contribution in [0.15, 0.2) is 111 Å². The standard InChI is InChI=1S/C35H31N3O4S/c1-21-9-7-10-22(2)34(21)37-25-15-17-27-30(19-25)42-31-20-26(38(36)35-23(3)11-8-12-24(35)4)16-18-28(31)33(27)29-13-5-6-14-32(29)43(39,40)41/h5-20H,36H2,1-4H3,(H,39,40,41). The molecule has 216 valence electrons. The van der Waals surface area contributed by atoms with E-state index in [0.29, 0.717) is 44.5 Å². The summed E-state index contributed by atoms with van der Waals surface area (Å²) in [6, 6.07) is 29.6. The van der Waals surface area contributed by atoms with Crippen molar-refractivity contribution in [2.24, 2.45) is 10.8 Å². The molecule has 0 radical (unpaired) electrons. The van der Waals surface area contributed by atoms with Crippen molar-refractivity contribution < 1.29 is 17.4 Å². The molecule has 6 rings (SSSR count). The quantitative estimate of drug-likeness (QED) is 0.0915. The molecule has 1 aliphatic heterocycles. The third kappa shape index (κ3) is 5.21. The van der Waals surface area contributed by atoms with Gasteiger partial charge in [-0.25, -0.2) is 10.8 Å². The van der Waals surface area contributed by atoms with Crippen LogP contribution in [0.25, 0.3) is 33.4 Å². The van der Waals surface area contributed by atoms with E-state index < -0.39 is 10.1 Å². The number of fused-ring (bicyclic) bond motifs is 2. The minimum atomic E-state index is -4.52. The monoisotopic (exact) mass is 589 g/mol. The van der Waals surface area contributed by atoms with E-state index in [2.05, 4.69) is 0 Å². The number of hydrazine groups is 1. The van der Waals surface area contributed by atoms with Crippen molar-refractivity contribution in [2.45, 2.75) is 32.6 Å². The Morgan fingerprint density at radius 1 is 0.744 bits per heavy atom. The smallest absolute Gasteiger partial charge is 0.295 e. The second-order valence-electron chi connectivity index (χ2n) is 10.8. The second kappa shape index (κ2) is 10.8. The predicted octanol–water partition coefficient (Wildman–Crippen LogP) is 7.93. The SMILES string of the molecule is Cc1cccc(C)c1N=c1ccc2c(-c3ccccc3S(=O)(=O)O)c3ccc(N(N)c4c(C)cccc4C)cc3oc-2c1. The highest BCUT2D eigenvalue weighted by atomic mass is 32.2. The van der Waals surface area contributed by atoms with Crippen molar-refractivity contribution in [3.05, 3.63) is 125 Å². The molecule has 0 saturated heterocycles. The number of anilines is 2. The van der Waals surface area contributed by atoms with Gasteiger partial charge in [0.05, 0.1) is 22.4 Å². The normalized spacial score (nSPS) is 12.3. The lowest BCUT2D eigenvalue weighted by Crippen LogP contribution is -2.26. The Balaban J connectivity index is 1.66. The number of hydrogen-bond acceptors (Lipinski definition) is 6. The highest BCUT2D eigenvalue weighted by Crippen LogP contribution is 2.43. The zero-order valence-electron chi connectivity index (χ0n) is 24.3. The number of aryl methyl sites for hydroxylation is 4. The van der Waals surface area contributed by atoms with Gasteiger partial charge in [-0.2, -0.15) is 8.42 Å². The molecule has 0 amide bonds. The van der Waals surface area contributed by atoms with E-state index in [1.807, 2.05) is 100 Å². The Labute approximate surface area is 250 Å². The molecule has 3 N–H and O–H groups in total. The highest BCUT2D eigenvalue weighted by Gasteiger charge is 2.24. The van der Waals surface area contributed by atoms with Crippen LogP contribution in [0.3, 0.4) is 0 Å². The van der Waals surface area contributed by atoms with Gasteiger partial charge in [0.1, 0.15) is 16.2 Å². The number of rotatable bonds is 5. The lowest BCUT2D eigenvalue weighted by atomic mass is 9.93. The zero-order valence-corrected chi connectivity index (χ0v) is 25.1. The summed E-state index contributed by atoms with van der Waals surface area (Å²) in [5.74, 6) is 7.16. The van der Waals surface area contributed by atoms with Crippen LogP contribution in [0.1, 0.15) is 22.3 Å². The van der Waals surface area contributed by atoms with Crippen molar-refractivity contribution >= 4 is 38.1 Å². The average molecular weight is 590 g/mol. The molecule has 0 saturated carbocycles. The minimum Gasteiger partial charge on any atom is -0.456 e. The molecule has 7 nitrogen and oxygen atoms in total. The molecule has 1 aliphatic carbocycles. The highest BCUT2D eigenvalue weighted by molar-refractivity contribution is 7.86. The summed E-state index contributed by atoms with van der Waals surface area (Å²) < 4.78 is 41.6. The fourth-order valence-corrected chi connectivity index (χ4v) is 6.40. The van der Waals surface area contributed by atoms with Gasteiger partial charge in [0.15, 0.2) is 0 Å². The molecule has 0 atom stereocenters. The van der Waals surface area contributed by atoms with Gasteiger partial charge in [-0.15, -0.1) is 0 Å². The average Bonchev–Trinajstić information content (AvgIpc) is 2.97. The van der Waals surface area contributed by atoms with Crippen molar-refractivity contribution in [1.29, 1.82) is 0 Å². The number of hydrogen-bond donors (Lipinski definition) is 2. The molecule has 0 bridgehead atoms. The molecule has 43 heavy (non-hydrogen) atoms. The van der Waals surface area contributed by atoms with E-state index in [1.54, 1.807) is 23.2 Å². The molecule has 0 spiro atoms. The lowest BCUT2D eigenvalue weighted by molar-refractivity contribution is 0.483. The topological polar surface area (TPSA) is 109 Å². The van der Waals surface area contributed by atoms with Crippen LogP contribution in [-0.2, 0) is 10.1 Å². The summed E-state index contributed by atoms with van der Waals surface area (Å²) >= 11 is 0. The van der Waals surface area contributed by atoms with E-state index in [9.17, 15) is 13.0 Å². The van der Waals surface area contributed by atoms with E-state index in [1.165, 1.54) is 6.07 Å². The molecule has 4 aromatic rings. The number of nitrogens with zero attached hydrogens (tertiary/aromatic N) is 2. The number of benzene rings is 5. The summed E-state index contributed by atoms with van der Waals surface area (Å²) in [7, 11) is -4.52. The van der Waals surface area contributed by atoms with Gasteiger partial charge < -0.3 is 4.42 Å². The van der Waals surface area contributed by atoms with Crippen LogP contribution in [0.5, 0.6) is 0 Å². The van der Waals surface area contributed by atoms with Crippen molar-refractivity contribution in [3.63, 3.8) is 0 Å². The van der Waals surface area contributed by atoms with Crippen LogP contribution in [0.2, 0.25) is 0 Å². The minimum absolute atomic E-state index is 0.187. The maximum atomic E-state index is 12.5. The van der Waals surface area contributed by atoms with E-state index in [0.717, 1.165) is 33.6 Å². The number of para-hydroxylation sites is 2. The zero-order chi connectivity index (χ0) is 30.5. The summed E-state index contributed by atoms with van der Waals surface area (Å²) in [6.07, 6.45) is 0. The van der Waals surface area contributed by atoms with Gasteiger partial charge in [-0.1, -0.05) is 54.6 Å². The largest absolute Gasteiger partial charge is 0.456 e. The second-order valence-corrected chi connectivity index (χ2v) is 12.2. The molecule has 4 aromatic carbocycles. The Bertz CT molecular complexity index is 2140. The summed E-state index contributed by atoms with van der Waals surface area (Å²) in [5, 5.41) is 2.98. The first-order valence-corrected chi connectivity index (χ1v) is 15.3. The van der Waals surface area contributed by atoms with Gasteiger partial charge >= 0.3 is 0 Å². The van der Waals surface area contributed by atoms with Crippen LogP contribution in [0.4, 0.5) is 17.1 Å². The van der Waals surface area contributed by atoms with Gasteiger partial charge in [0, 0.05) is 34.2 Å². The molecular formula is C35H31N3O4S. The first-order valence-electron chi connectivity index (χ1n) is 13.8. The number of nitrogens with two attached hydrogens (primary N) is 1. The van der Waals surface area contributed by atoms with Crippen LogP contribution < -0.4 is 16.2 Å². The summed E-state index contributed by atoms with van der Waals surface area (Å²) in [4.78, 5) is 4.72. The lowest BCUT2D eigenvalue weighted by Gasteiger charge is -2.24. The van der Waals surface area contributed by atoms with Crippen molar-refractivity contribution in [2.75, 3.05) is 5.01 Å².